The molecule has 0 radical (unpaired) electrons. The molecule has 0 bridgehead atoms. The maximum atomic E-state index is 12.4. The first kappa shape index (κ1) is 97.5. The van der Waals surface area contributed by atoms with Crippen LogP contribution in [0.5, 0.6) is 23.0 Å². The first-order valence-electron chi connectivity index (χ1n) is 45.5. The number of aliphatic hydroxyl groups is 4. The van der Waals surface area contributed by atoms with Crippen LogP contribution in [0.4, 0.5) is 22.7 Å². The molecule has 130 heavy (non-hydrogen) atoms. The molecule has 4 heterocycles. The standard InChI is InChI=1S/C28H34N2O3.2C26H30N2O3S.C25H30N4O3.CH4/c1-19-14-20(2)29-26(19)17-28(32)30-24-12-9-21(10-13-24)15-22-8-11-23(16-22)27(31)18-33-25-6-4-3-5-7-25;1-18-27-23(17-32-18)15-26(30)28-22-11-8-19(9-12-22)13-20-7-10-21(14-20)25(29)16-31-24-5-3-2-4-6-24;1-18-17-32-26(27-18)15-25(30)28-22-11-8-19(9-12-22)13-20-7-10-21(14-20)24(29)16-31-23-5-3-2-4-6-23;1-17-26-24(29-28-17)15-25(31)27-21-11-8-18(9-12-21)13-19-7-10-20(14-19)23(30)16-32-22-5-3-2-4-6-22;/h3-7,9-10,12-13,22-23,27,31H,8,11,14-18H2,1-2H3,(H,30,32);2-6,8-9,11-12,17,20-21,25,29H,7,10,13-16H2,1H3,(H,28,30);2-6,8-9,11-12,17,20-21,24,29H,7,10,13-16H2,1H3,(H,28,30);2-6,8-9,11-12,19-20,23,30H,7,10,13-16H2,1H3,(H,27,31)(H,26,28,29);1H4/t22-,23-,27+;20-,21-,25+;20-,21-,24+;19-,20-,23+;/m0000./s1. The van der Waals surface area contributed by atoms with Gasteiger partial charge in [0.15, 0.2) is 5.82 Å². The Morgan fingerprint density at radius 1 is 0.392 bits per heavy atom. The number of aromatic amines is 1. The highest BCUT2D eigenvalue weighted by Gasteiger charge is 2.35. The van der Waals surface area contributed by atoms with E-state index in [1.54, 1.807) is 18.3 Å². The zero-order valence-electron chi connectivity index (χ0n) is 74.7. The number of hydrogen-bond donors (Lipinski definition) is 9. The number of hydrogen-bond acceptors (Lipinski definition) is 19. The smallest absolute Gasteiger partial charge is 0.232 e. The lowest BCUT2D eigenvalue weighted by Gasteiger charge is -2.19. The molecule has 4 fully saturated rings. The van der Waals surface area contributed by atoms with E-state index in [0.29, 0.717) is 81.0 Å². The summed E-state index contributed by atoms with van der Waals surface area (Å²) < 4.78 is 22.9. The third kappa shape index (κ3) is 32.3. The number of anilines is 4. The summed E-state index contributed by atoms with van der Waals surface area (Å²) in [6, 6.07) is 71.0. The van der Waals surface area contributed by atoms with Gasteiger partial charge in [-0.2, -0.15) is 5.10 Å². The number of thiazole rings is 2. The number of ether oxygens (including phenoxy) is 4. The summed E-state index contributed by atoms with van der Waals surface area (Å²) in [7, 11) is 0. The Kier molecular flexibility index (Phi) is 37.6. The number of rotatable bonds is 36. The van der Waals surface area contributed by atoms with E-state index in [1.165, 1.54) is 39.2 Å². The third-order valence-electron chi connectivity index (χ3n) is 24.8. The van der Waals surface area contributed by atoms with Crippen LogP contribution in [0, 0.1) is 68.1 Å². The van der Waals surface area contributed by atoms with Gasteiger partial charge in [0.25, 0.3) is 0 Å². The van der Waals surface area contributed by atoms with Crippen LogP contribution in [-0.4, -0.2) is 126 Å². The van der Waals surface area contributed by atoms with Crippen LogP contribution < -0.4 is 40.2 Å². The Bertz CT molecular complexity index is 4960. The molecule has 4 aliphatic carbocycles. The van der Waals surface area contributed by atoms with E-state index in [-0.39, 0.29) is 61.1 Å². The molecule has 9 N–H and O–H groups in total. The minimum atomic E-state index is -0.439. The topological polar surface area (TPSA) is 314 Å². The lowest BCUT2D eigenvalue weighted by Crippen LogP contribution is -2.25. The maximum Gasteiger partial charge on any atom is 0.232 e. The second-order valence-corrected chi connectivity index (χ2v) is 37.4. The van der Waals surface area contributed by atoms with Crippen LogP contribution in [-0.2, 0) is 64.1 Å². The number of carbonyl (C=O) groups excluding carboxylic acids is 4. The van der Waals surface area contributed by atoms with Crippen LogP contribution in [0.15, 0.2) is 245 Å². The lowest BCUT2D eigenvalue weighted by atomic mass is 9.95. The van der Waals surface area contributed by atoms with Gasteiger partial charge in [-0.25, -0.2) is 15.0 Å². The molecule has 22 nitrogen and oxygen atoms in total. The maximum absolute atomic E-state index is 12.4. The SMILES string of the molecule is C.CC1=NC(CC(=O)Nc2ccc(C[C@@H]3CC[C@H]([C@H](O)COc4ccccc4)C3)cc2)=C(C)C1.Cc1csc(CC(=O)Nc2ccc(C[C@@H]3CC[C@H]([C@H](O)COc4ccccc4)C3)cc2)n1.Cc1nc(CC(=O)Nc2ccc(C[C@@H]3CC[C@H]([C@H](O)COc4ccccc4)C3)cc2)cs1.Cc1nc(CC(=O)Nc2ccc(C[C@@H]3CC[C@H]([C@H](O)COc4ccccc4)C3)cc2)n[nH]1. The van der Waals surface area contributed by atoms with Crippen molar-refractivity contribution in [2.24, 2.45) is 52.3 Å². The molecule has 24 heteroatoms. The number of amides is 4. The van der Waals surface area contributed by atoms with Crippen molar-refractivity contribution in [3.63, 3.8) is 0 Å². The van der Waals surface area contributed by atoms with E-state index in [4.69, 9.17) is 18.9 Å². The minimum absolute atomic E-state index is 0. The predicted molar refractivity (Wildman–Crippen MR) is 518 cm³/mol. The Morgan fingerprint density at radius 3 is 1.02 bits per heavy atom. The molecule has 12 atom stereocenters. The molecular weight excluding hydrogens is 1670 g/mol. The zero-order valence-corrected chi connectivity index (χ0v) is 76.3. The number of para-hydroxylation sites is 4. The average Bonchev–Trinajstić information content (AvgIpc) is 1.72. The largest absolute Gasteiger partial charge is 0.491 e. The molecule has 3 aromatic heterocycles. The van der Waals surface area contributed by atoms with Crippen LogP contribution >= 0.6 is 22.7 Å². The van der Waals surface area contributed by atoms with Crippen molar-refractivity contribution in [3.05, 3.63) is 296 Å². The molecule has 0 spiro atoms. The van der Waals surface area contributed by atoms with Crippen LogP contribution in [0.1, 0.15) is 166 Å². The van der Waals surface area contributed by atoms with Crippen molar-refractivity contribution < 1.29 is 58.6 Å². The third-order valence-corrected chi connectivity index (χ3v) is 26.6. The number of carbonyl (C=O) groups is 4. The predicted octanol–water partition coefficient (Wildman–Crippen LogP) is 19.9. The monoisotopic (exact) mass is 1800 g/mol. The summed E-state index contributed by atoms with van der Waals surface area (Å²) in [5.74, 6) is 7.54. The molecule has 1 aliphatic heterocycles. The van der Waals surface area contributed by atoms with Crippen molar-refractivity contribution in [2.45, 2.75) is 201 Å². The first-order chi connectivity index (χ1) is 62.6. The van der Waals surface area contributed by atoms with Gasteiger partial charge in [0, 0.05) is 57.0 Å². The highest BCUT2D eigenvalue weighted by atomic mass is 32.1. The second kappa shape index (κ2) is 50.0. The van der Waals surface area contributed by atoms with Crippen molar-refractivity contribution in [1.29, 1.82) is 0 Å². The Balaban J connectivity index is 0.000000156. The molecule has 8 aromatic carbocycles. The molecule has 11 aromatic rings. The summed E-state index contributed by atoms with van der Waals surface area (Å²) in [6.45, 7) is 11.1. The quantitative estimate of drug-likeness (QED) is 0.0176. The van der Waals surface area contributed by atoms with Gasteiger partial charge in [0.1, 0.15) is 60.3 Å². The van der Waals surface area contributed by atoms with E-state index >= 15 is 0 Å². The van der Waals surface area contributed by atoms with Gasteiger partial charge >= 0.3 is 0 Å². The number of H-pyrrole nitrogens is 1. The fraction of sp³-hybridized carbons (Fsp3) is 0.406. The number of aromatic nitrogens is 5. The van der Waals surface area contributed by atoms with Crippen molar-refractivity contribution in [2.75, 3.05) is 47.7 Å². The van der Waals surface area contributed by atoms with Gasteiger partial charge in [-0.3, -0.25) is 29.3 Å². The Morgan fingerprint density at radius 2 is 0.723 bits per heavy atom. The summed E-state index contributed by atoms with van der Waals surface area (Å²) >= 11 is 3.07. The number of aliphatic imine (C=N–C) groups is 1. The molecule has 686 valence electrons. The molecule has 16 rings (SSSR count). The average molecular weight is 1800 g/mol. The summed E-state index contributed by atoms with van der Waals surface area (Å²) in [5.41, 5.74) is 13.2. The van der Waals surface area contributed by atoms with Gasteiger partial charge in [0.05, 0.1) is 60.8 Å². The first-order valence-corrected chi connectivity index (χ1v) is 47.3. The number of allylic oxidation sites excluding steroid dienone is 1. The summed E-state index contributed by atoms with van der Waals surface area (Å²) in [4.78, 5) is 66.3. The van der Waals surface area contributed by atoms with Crippen molar-refractivity contribution in [1.82, 2.24) is 25.1 Å². The molecule has 0 unspecified atom stereocenters. The minimum Gasteiger partial charge on any atom is -0.491 e. The van der Waals surface area contributed by atoms with Crippen LogP contribution in [0.3, 0.4) is 0 Å². The number of nitrogens with zero attached hydrogens (tertiary/aromatic N) is 5. The van der Waals surface area contributed by atoms with Crippen LogP contribution in [0.2, 0.25) is 0 Å². The number of benzene rings is 8. The number of nitrogens with one attached hydrogen (secondary N) is 5. The fourth-order valence-electron chi connectivity index (χ4n) is 18.1. The molecule has 0 saturated heterocycles. The van der Waals surface area contributed by atoms with Crippen LogP contribution in [0.25, 0.3) is 0 Å². The molecule has 4 amide bonds. The summed E-state index contributed by atoms with van der Waals surface area (Å²) in [5, 5.41) is 66.4. The van der Waals surface area contributed by atoms with E-state index in [9.17, 15) is 39.6 Å². The Hall–Kier alpha value is -11.5. The fourth-order valence-corrected chi connectivity index (χ4v) is 19.4. The van der Waals surface area contributed by atoms with Gasteiger partial charge in [0.2, 0.25) is 23.6 Å². The molecule has 5 aliphatic rings. The highest BCUT2D eigenvalue weighted by molar-refractivity contribution is 7.10. The highest BCUT2D eigenvalue weighted by Crippen LogP contribution is 2.40. The Labute approximate surface area is 773 Å². The lowest BCUT2D eigenvalue weighted by molar-refractivity contribution is -0.116. The summed E-state index contributed by atoms with van der Waals surface area (Å²) in [6.07, 6.45) is 16.9. The van der Waals surface area contributed by atoms with E-state index in [2.05, 4.69) is 99.9 Å². The van der Waals surface area contributed by atoms with E-state index in [1.807, 2.05) is 208 Å². The second-order valence-electron chi connectivity index (χ2n) is 35.4. The zero-order chi connectivity index (χ0) is 90.2. The van der Waals surface area contributed by atoms with Crippen molar-refractivity contribution >= 4 is 74.8 Å². The van der Waals surface area contributed by atoms with E-state index in [0.717, 1.165) is 188 Å². The van der Waals surface area contributed by atoms with E-state index < -0.39 is 24.4 Å². The molecular formula is C106H128N10O12S2. The van der Waals surface area contributed by atoms with Crippen molar-refractivity contribution in [3.8, 4) is 23.0 Å². The number of aliphatic hydroxyl groups excluding tert-OH is 4. The van der Waals surface area contributed by atoms with Gasteiger partial charge in [-0.15, -0.1) is 22.7 Å². The number of aryl methyl sites for hydroxylation is 3. The van der Waals surface area contributed by atoms with Gasteiger partial charge in [-0.1, -0.05) is 129 Å². The normalized spacial score (nSPS) is 19.3. The van der Waals surface area contributed by atoms with Gasteiger partial charge < -0.3 is 60.6 Å². The molecule has 4 saturated carbocycles. The van der Waals surface area contributed by atoms with Gasteiger partial charge in [-0.05, 0) is 310 Å².